The highest BCUT2D eigenvalue weighted by Crippen LogP contribution is 2.32. The van der Waals surface area contributed by atoms with Gasteiger partial charge in [-0.15, -0.1) is 0 Å². The first-order valence-corrected chi connectivity index (χ1v) is 11.9. The second kappa shape index (κ2) is 8.99. The lowest BCUT2D eigenvalue weighted by Crippen LogP contribution is -2.35. The van der Waals surface area contributed by atoms with Gasteiger partial charge in [-0.1, -0.05) is 0 Å². The molecule has 0 fully saturated rings. The highest BCUT2D eigenvalue weighted by Gasteiger charge is 2.36. The van der Waals surface area contributed by atoms with Crippen molar-refractivity contribution in [1.82, 2.24) is 9.58 Å². The van der Waals surface area contributed by atoms with Crippen molar-refractivity contribution >= 4 is 39.8 Å². The molecule has 0 atom stereocenters. The number of carbonyl (C=O) groups excluding carboxylic acids is 1. The fraction of sp³-hybridized carbons (Fsp3) is 0.154. The van der Waals surface area contributed by atoms with Crippen LogP contribution in [0.25, 0.3) is 11.8 Å². The lowest BCUT2D eigenvalue weighted by molar-refractivity contribution is -0.114. The van der Waals surface area contributed by atoms with Gasteiger partial charge in [0.1, 0.15) is 16.6 Å². The van der Waals surface area contributed by atoms with Crippen molar-refractivity contribution in [3.8, 4) is 11.4 Å². The third-order valence-electron chi connectivity index (χ3n) is 5.72. The van der Waals surface area contributed by atoms with E-state index in [4.69, 9.17) is 10.1 Å². The number of rotatable bonds is 5. The Hall–Kier alpha value is -3.98. The van der Waals surface area contributed by atoms with Crippen LogP contribution in [-0.4, -0.2) is 38.1 Å². The average Bonchev–Trinajstić information content (AvgIpc) is 3.38. The predicted octanol–water partition coefficient (Wildman–Crippen LogP) is 5.30. The van der Waals surface area contributed by atoms with Gasteiger partial charge in [0, 0.05) is 22.6 Å². The maximum Gasteiger partial charge on any atom is 0.283 e. The summed E-state index contributed by atoms with van der Waals surface area (Å²) < 4.78 is 20.9. The number of benzene rings is 2. The van der Waals surface area contributed by atoms with Crippen LogP contribution in [-0.2, 0) is 4.79 Å². The quantitative estimate of drug-likeness (QED) is 0.495. The van der Waals surface area contributed by atoms with Crippen molar-refractivity contribution < 1.29 is 13.9 Å². The summed E-state index contributed by atoms with van der Waals surface area (Å²) >= 11 is 1.18. The Bertz CT molecular complexity index is 1440. The van der Waals surface area contributed by atoms with Gasteiger partial charge in [-0.05, 0) is 98.8 Å². The maximum atomic E-state index is 13.3. The van der Waals surface area contributed by atoms with Crippen molar-refractivity contribution in [2.45, 2.75) is 20.8 Å². The Balaban J connectivity index is 1.47. The SMILES string of the molecule is CCOc1ccc(-n2c(C)cc(/C=C3\C(=N)N4N=C(c5ccc(F)cc5)SC4=NC3=O)c2C)cc1. The number of nitrogens with zero attached hydrogens (tertiary/aromatic N) is 4. The number of aliphatic imine (C=N–C) groups is 1. The van der Waals surface area contributed by atoms with E-state index in [9.17, 15) is 9.18 Å². The first-order chi connectivity index (χ1) is 16.9. The molecule has 1 aromatic heterocycles. The lowest BCUT2D eigenvalue weighted by atomic mass is 10.1. The molecule has 7 nitrogen and oxygen atoms in total. The topological polar surface area (TPSA) is 83.0 Å². The molecule has 0 spiro atoms. The van der Waals surface area contributed by atoms with E-state index < -0.39 is 5.91 Å². The molecular formula is C26H22FN5O2S. The van der Waals surface area contributed by atoms with Crippen molar-refractivity contribution in [2.75, 3.05) is 6.61 Å². The van der Waals surface area contributed by atoms with E-state index in [-0.39, 0.29) is 17.2 Å². The number of aryl methyl sites for hydroxylation is 1. The van der Waals surface area contributed by atoms with E-state index in [2.05, 4.69) is 14.7 Å². The summed E-state index contributed by atoms with van der Waals surface area (Å²) in [5.41, 5.74) is 4.57. The van der Waals surface area contributed by atoms with Crippen LogP contribution in [0.3, 0.4) is 0 Å². The van der Waals surface area contributed by atoms with Gasteiger partial charge in [0.05, 0.1) is 12.2 Å². The van der Waals surface area contributed by atoms with Crippen LogP contribution in [0.2, 0.25) is 0 Å². The number of amides is 1. The molecule has 176 valence electrons. The first kappa shape index (κ1) is 22.8. The summed E-state index contributed by atoms with van der Waals surface area (Å²) in [5, 5.41) is 15.3. The van der Waals surface area contributed by atoms with E-state index in [1.807, 2.05) is 51.1 Å². The molecule has 0 saturated carbocycles. The number of carbonyl (C=O) groups is 1. The van der Waals surface area contributed by atoms with Gasteiger partial charge >= 0.3 is 0 Å². The molecule has 35 heavy (non-hydrogen) atoms. The van der Waals surface area contributed by atoms with Gasteiger partial charge in [0.15, 0.2) is 5.84 Å². The number of halogens is 1. The number of amidine groups is 2. The molecule has 0 saturated heterocycles. The number of hydrogen-bond acceptors (Lipinski definition) is 5. The standard InChI is InChI=1S/C26H22FN5O2S/c1-4-34-21-11-9-20(10-12-21)31-15(2)13-18(16(31)3)14-22-23(28)32-26(29-24(22)33)35-25(30-32)17-5-7-19(27)8-6-17/h5-14,28H,4H2,1-3H3/b22-14+,28-23?. The van der Waals surface area contributed by atoms with Crippen LogP contribution < -0.4 is 4.74 Å². The van der Waals surface area contributed by atoms with Crippen LogP contribution in [0, 0.1) is 25.1 Å². The number of aromatic nitrogens is 1. The minimum absolute atomic E-state index is 0.0458. The first-order valence-electron chi connectivity index (χ1n) is 11.0. The van der Waals surface area contributed by atoms with E-state index in [1.165, 1.54) is 28.9 Å². The van der Waals surface area contributed by atoms with Gasteiger partial charge in [0.25, 0.3) is 5.91 Å². The number of ether oxygens (including phenoxy) is 1. The fourth-order valence-electron chi connectivity index (χ4n) is 4.05. The molecule has 2 aliphatic heterocycles. The summed E-state index contributed by atoms with van der Waals surface area (Å²) in [5.74, 6) is -0.0749. The molecule has 2 aromatic carbocycles. The number of thioether (sulfide) groups is 1. The average molecular weight is 488 g/mol. The molecule has 3 heterocycles. The zero-order valence-corrected chi connectivity index (χ0v) is 20.2. The Morgan fingerprint density at radius 3 is 2.51 bits per heavy atom. The molecule has 1 amide bonds. The van der Waals surface area contributed by atoms with E-state index in [0.717, 1.165) is 28.4 Å². The minimum Gasteiger partial charge on any atom is -0.494 e. The van der Waals surface area contributed by atoms with Crippen LogP contribution in [0.1, 0.15) is 29.4 Å². The zero-order chi connectivity index (χ0) is 24.7. The molecule has 0 aliphatic carbocycles. The molecule has 3 aromatic rings. The highest BCUT2D eigenvalue weighted by atomic mass is 32.2. The Morgan fingerprint density at radius 2 is 1.83 bits per heavy atom. The predicted molar refractivity (Wildman–Crippen MR) is 137 cm³/mol. The van der Waals surface area contributed by atoms with Crippen LogP contribution in [0.15, 0.2) is 70.3 Å². The van der Waals surface area contributed by atoms with Crippen molar-refractivity contribution in [1.29, 1.82) is 5.41 Å². The lowest BCUT2D eigenvalue weighted by Gasteiger charge is -2.20. The van der Waals surface area contributed by atoms with Crippen molar-refractivity contribution in [3.05, 3.63) is 88.5 Å². The highest BCUT2D eigenvalue weighted by molar-refractivity contribution is 8.27. The van der Waals surface area contributed by atoms with Crippen LogP contribution >= 0.6 is 11.8 Å². The number of fused-ring (bicyclic) bond motifs is 1. The Labute approximate surface area is 206 Å². The number of hydrazone groups is 1. The largest absolute Gasteiger partial charge is 0.494 e. The molecule has 0 bridgehead atoms. The van der Waals surface area contributed by atoms with Gasteiger partial charge < -0.3 is 9.30 Å². The second-order valence-electron chi connectivity index (χ2n) is 8.02. The fourth-order valence-corrected chi connectivity index (χ4v) is 4.94. The van der Waals surface area contributed by atoms with Crippen LogP contribution in [0.5, 0.6) is 5.75 Å². The van der Waals surface area contributed by atoms with Gasteiger partial charge in [0.2, 0.25) is 5.17 Å². The van der Waals surface area contributed by atoms with Gasteiger partial charge in [-0.25, -0.2) is 4.39 Å². The summed E-state index contributed by atoms with van der Waals surface area (Å²) in [7, 11) is 0. The Morgan fingerprint density at radius 1 is 1.11 bits per heavy atom. The summed E-state index contributed by atoms with van der Waals surface area (Å²) in [6.07, 6.45) is 1.69. The smallest absolute Gasteiger partial charge is 0.283 e. The van der Waals surface area contributed by atoms with E-state index in [1.54, 1.807) is 18.2 Å². The normalized spacial score (nSPS) is 16.5. The van der Waals surface area contributed by atoms with E-state index >= 15 is 0 Å². The molecule has 0 unspecified atom stereocenters. The molecular weight excluding hydrogens is 465 g/mol. The summed E-state index contributed by atoms with van der Waals surface area (Å²) in [4.78, 5) is 17.0. The monoisotopic (exact) mass is 487 g/mol. The van der Waals surface area contributed by atoms with Gasteiger partial charge in [-0.3, -0.25) is 10.2 Å². The molecule has 1 N–H and O–H groups in total. The minimum atomic E-state index is -0.491. The van der Waals surface area contributed by atoms with Crippen LogP contribution in [0.4, 0.5) is 4.39 Å². The number of hydrogen-bond donors (Lipinski definition) is 1. The van der Waals surface area contributed by atoms with Gasteiger partial charge in [-0.2, -0.15) is 15.1 Å². The Kier molecular flexibility index (Phi) is 5.86. The summed E-state index contributed by atoms with van der Waals surface area (Å²) in [6.45, 7) is 6.51. The van der Waals surface area contributed by atoms with E-state index in [0.29, 0.717) is 22.4 Å². The molecule has 9 heteroatoms. The van der Waals surface area contributed by atoms with Crippen molar-refractivity contribution in [2.24, 2.45) is 10.1 Å². The summed E-state index contributed by atoms with van der Waals surface area (Å²) in [6, 6.07) is 15.7. The second-order valence-corrected chi connectivity index (χ2v) is 8.98. The maximum absolute atomic E-state index is 13.3. The third kappa shape index (κ3) is 4.19. The molecule has 5 rings (SSSR count). The molecule has 0 radical (unpaired) electrons. The van der Waals surface area contributed by atoms with Crippen molar-refractivity contribution in [3.63, 3.8) is 0 Å². The number of nitrogens with one attached hydrogen (secondary N) is 1. The third-order valence-corrected chi connectivity index (χ3v) is 6.68. The zero-order valence-electron chi connectivity index (χ0n) is 19.4. The molecule has 2 aliphatic rings.